The highest BCUT2D eigenvalue weighted by Crippen LogP contribution is 2.33. The van der Waals surface area contributed by atoms with Crippen LogP contribution in [0.4, 0.5) is 4.79 Å². The van der Waals surface area contributed by atoms with E-state index in [9.17, 15) is 81.8 Å². The first-order valence-corrected chi connectivity index (χ1v) is 29.5. The Morgan fingerprint density at radius 3 is 0.921 bits per heavy atom. The predicted molar refractivity (Wildman–Crippen MR) is 312 cm³/mol. The molecule has 20 atom stereocenters. The summed E-state index contributed by atoms with van der Waals surface area (Å²) in [6.45, 7) is 15.0. The zero-order valence-corrected chi connectivity index (χ0v) is 57.0. The van der Waals surface area contributed by atoms with E-state index in [-0.39, 0.29) is 6.61 Å². The van der Waals surface area contributed by atoms with Gasteiger partial charge in [0.2, 0.25) is 24.8 Å². The van der Waals surface area contributed by atoms with Crippen molar-refractivity contribution in [3.05, 3.63) is 18.7 Å². The van der Waals surface area contributed by atoms with Gasteiger partial charge in [-0.2, -0.15) is 0 Å². The topological polar surface area (TPSA) is 588 Å². The van der Waals surface area contributed by atoms with E-state index in [4.69, 9.17) is 106 Å². The molecule has 1 aromatic rings. The number of aromatic nitrogens is 2. The molecule has 5 rings (SSSR count). The smallest absolute Gasteiger partial charge is 0.421 e. The van der Waals surface area contributed by atoms with Crippen LogP contribution in [0, 0.1) is 0 Å². The van der Waals surface area contributed by atoms with Crippen LogP contribution >= 0.6 is 0 Å². The highest BCUT2D eigenvalue weighted by atomic mass is 16.8. The van der Waals surface area contributed by atoms with Crippen molar-refractivity contribution in [2.24, 2.45) is 0 Å². The van der Waals surface area contributed by atoms with Gasteiger partial charge in [-0.05, 0) is 0 Å². The summed E-state index contributed by atoms with van der Waals surface area (Å²) < 4.78 is 96.8. The van der Waals surface area contributed by atoms with Gasteiger partial charge in [-0.3, -0.25) is 71.9 Å². The Morgan fingerprint density at radius 1 is 0.327 bits per heavy atom. The van der Waals surface area contributed by atoms with E-state index in [1.54, 1.807) is 0 Å². The summed E-state index contributed by atoms with van der Waals surface area (Å²) >= 11 is 0. The van der Waals surface area contributed by atoms with Crippen LogP contribution < -0.4 is 0 Å². The lowest BCUT2D eigenvalue weighted by Crippen LogP contribution is -2.63. The number of carbonyl (C=O) groups is 16. The number of esters is 15. The van der Waals surface area contributed by atoms with Gasteiger partial charge in [-0.25, -0.2) is 14.3 Å². The minimum absolute atomic E-state index is 0.366. The van der Waals surface area contributed by atoms with E-state index in [0.29, 0.717) is 0 Å². The zero-order valence-electron chi connectivity index (χ0n) is 57.0. The molecule has 0 aromatic carbocycles. The molecule has 0 amide bonds. The average molecular weight is 1460 g/mol. The molecule has 43 nitrogen and oxygen atoms in total. The first-order valence-electron chi connectivity index (χ1n) is 29.5. The van der Waals surface area contributed by atoms with Gasteiger partial charge in [0, 0.05) is 116 Å². The van der Waals surface area contributed by atoms with Gasteiger partial charge in [0.1, 0.15) is 68.9 Å². The number of aliphatic hydroxyl groups is 6. The van der Waals surface area contributed by atoms with Crippen molar-refractivity contribution in [2.45, 2.75) is 227 Å². The summed E-state index contributed by atoms with van der Waals surface area (Å²) in [5.41, 5.74) is 0. The second-order valence-corrected chi connectivity index (χ2v) is 21.0. The number of hydrogen-bond acceptors (Lipinski definition) is 42. The summed E-state index contributed by atoms with van der Waals surface area (Å²) in [7, 11) is 0. The van der Waals surface area contributed by atoms with Gasteiger partial charge in [0.15, 0.2) is 55.3 Å². The highest BCUT2D eigenvalue weighted by molar-refractivity contribution is 5.82. The molecule has 6 unspecified atom stereocenters. The molecule has 0 saturated carbocycles. The monoisotopic (exact) mass is 1460 g/mol. The van der Waals surface area contributed by atoms with Crippen molar-refractivity contribution in [1.29, 1.82) is 0 Å². The van der Waals surface area contributed by atoms with E-state index in [2.05, 4.69) is 14.5 Å². The first-order chi connectivity index (χ1) is 46.9. The predicted octanol–water partition coefficient (Wildman–Crippen LogP) is -4.48. The largest absolute Gasteiger partial charge is 0.463 e. The number of hydrogen-bond donors (Lipinski definition) is 6. The van der Waals surface area contributed by atoms with Crippen LogP contribution in [0.3, 0.4) is 0 Å². The van der Waals surface area contributed by atoms with Crippen LogP contribution in [0.5, 0.6) is 0 Å². The summed E-state index contributed by atoms with van der Waals surface area (Å²) in [6.07, 6.45) is -24.8. The second kappa shape index (κ2) is 43.9. The summed E-state index contributed by atoms with van der Waals surface area (Å²) in [4.78, 5) is 184. The molecule has 4 aliphatic heterocycles. The van der Waals surface area contributed by atoms with E-state index in [0.717, 1.165) is 101 Å². The molecular formula is C58H82N2O41. The third-order valence-electron chi connectivity index (χ3n) is 12.2. The van der Waals surface area contributed by atoms with Crippen molar-refractivity contribution < 1.29 is 197 Å². The molecule has 43 heteroatoms. The lowest BCUT2D eigenvalue weighted by atomic mass is 9.98. The Labute approximate surface area is 573 Å². The fraction of sp³-hybridized carbons (Fsp3) is 0.672. The quantitative estimate of drug-likeness (QED) is 0.0458. The van der Waals surface area contributed by atoms with Gasteiger partial charge in [0.25, 0.3) is 0 Å². The van der Waals surface area contributed by atoms with Gasteiger partial charge in [-0.15, -0.1) is 0 Å². The Kier molecular flexibility index (Phi) is 38.9. The fourth-order valence-electron chi connectivity index (χ4n) is 8.75. The van der Waals surface area contributed by atoms with Crippen LogP contribution in [0.25, 0.3) is 0 Å². The molecule has 570 valence electrons. The summed E-state index contributed by atoms with van der Waals surface area (Å²) in [5, 5.41) is 54.7. The summed E-state index contributed by atoms with van der Waals surface area (Å²) in [6, 6.07) is 0. The van der Waals surface area contributed by atoms with E-state index in [1.807, 2.05) is 0 Å². The average Bonchev–Trinajstić information content (AvgIpc) is 1.44. The van der Waals surface area contributed by atoms with Gasteiger partial charge >= 0.3 is 95.6 Å². The second-order valence-electron chi connectivity index (χ2n) is 21.0. The number of carbonyl (C=O) groups excluding carboxylic acids is 16. The molecule has 0 spiro atoms. The normalized spacial score (nSPS) is 28.3. The van der Waals surface area contributed by atoms with Gasteiger partial charge in [-0.1, -0.05) is 0 Å². The third-order valence-corrected chi connectivity index (χ3v) is 12.2. The van der Waals surface area contributed by atoms with Crippen molar-refractivity contribution >= 4 is 95.6 Å². The van der Waals surface area contributed by atoms with E-state index >= 15 is 0 Å². The molecule has 0 radical (unpaired) electrons. The number of nitrogens with zero attached hydrogens (tertiary/aromatic N) is 2. The number of rotatable bonds is 18. The zero-order chi connectivity index (χ0) is 77.5. The van der Waals surface area contributed by atoms with Crippen molar-refractivity contribution in [3.63, 3.8) is 0 Å². The molecule has 101 heavy (non-hydrogen) atoms. The van der Waals surface area contributed by atoms with Crippen molar-refractivity contribution in [1.82, 2.24) is 9.55 Å². The maximum absolute atomic E-state index is 12.4. The maximum atomic E-state index is 12.4. The Bertz CT molecular complexity index is 2970. The molecule has 4 aliphatic rings. The molecule has 4 saturated heterocycles. The van der Waals surface area contributed by atoms with Gasteiger partial charge < -0.3 is 121 Å². The van der Waals surface area contributed by atoms with Crippen LogP contribution in [-0.4, -0.2) is 285 Å². The minimum atomic E-state index is -1.68. The van der Waals surface area contributed by atoms with Crippen LogP contribution in [0.15, 0.2) is 18.7 Å². The lowest BCUT2D eigenvalue weighted by Gasteiger charge is -2.43. The third kappa shape index (κ3) is 33.0. The molecule has 0 bridgehead atoms. The Hall–Kier alpha value is -9.47. The van der Waals surface area contributed by atoms with Crippen LogP contribution in [-0.2, 0) is 162 Å². The Morgan fingerprint density at radius 2 is 0.624 bits per heavy atom. The molecular weight excluding hydrogens is 1380 g/mol. The Balaban J connectivity index is 0.000000673. The molecule has 1 aromatic heterocycles. The minimum Gasteiger partial charge on any atom is -0.463 e. The van der Waals surface area contributed by atoms with Gasteiger partial charge in [0.05, 0.1) is 6.61 Å². The molecule has 6 N–H and O–H groups in total. The standard InChI is InChI=1S/C18H22N2O11.C16H22O11.C14H20O10.C6H12O6.C4H6O3/c1-9(21)26-7-13-14(27-10(2)22)15(28-11(3)23)16(29-12(4)24)17(30-13)31-18(25)20-6-5-19-8-20;1-7(17)22-6-12-13(23-8(2)18)14(24-9(3)19)15(25-10(4)20)16(27-12)26-11(5)21;1-6(15)20-5-10-11(21-7(2)16)12(22-8(3)17)13(14(19)24-10)23-9(4)18;7-1-2-3(8)4(9)5(10)6(11)12-2;1-3(5)7-4(2)6/h5-6,8,13-17H,7H2,1-4H3;12-16H,6H2,1-5H3;10-14,19H,5H2,1-4H3;2-11H,1H2;1-2H3/t13?,14-,15+,16-,17?;12?,13-,14+,15-,16?;10?,11-,12+,13-,14+;2?,3-,4+,5-,6-;/m1111./s1. The molecule has 4 fully saturated rings. The maximum Gasteiger partial charge on any atom is 0.421 e. The van der Waals surface area contributed by atoms with E-state index in [1.165, 1.54) is 26.2 Å². The summed E-state index contributed by atoms with van der Waals surface area (Å²) in [5.74, 6) is -10.8. The SMILES string of the molecule is CC(=O)OC(C)=O.CC(=O)OCC1OC(OC(=O)n2ccnc2)[C@H](OC(C)=O)[C@@H](OC(C)=O)[C@@H]1OC(C)=O.CC(=O)OCC1OC(OC(C)=O)[C@H](OC(C)=O)[C@@H](OC(C)=O)[C@@H]1OC(C)=O.CC(=O)OCC1O[C@H](O)[C@H](OC(C)=O)[C@@H](OC(C)=O)[C@@H]1OC(C)=O.OCC1O[C@@H](O)[C@H](O)[C@@H](O)[C@@H]1O. The number of ether oxygens (including phenoxy) is 19. The molecule has 5 heterocycles. The number of aliphatic hydroxyl groups excluding tert-OH is 6. The first kappa shape index (κ1) is 89.5. The van der Waals surface area contributed by atoms with Crippen molar-refractivity contribution in [3.8, 4) is 0 Å². The molecule has 0 aliphatic carbocycles. The van der Waals surface area contributed by atoms with Crippen molar-refractivity contribution in [2.75, 3.05) is 26.4 Å². The fourth-order valence-corrected chi connectivity index (χ4v) is 8.75. The van der Waals surface area contributed by atoms with E-state index < -0.39 is 238 Å². The highest BCUT2D eigenvalue weighted by Gasteiger charge is 2.56. The van der Waals surface area contributed by atoms with Crippen LogP contribution in [0.1, 0.15) is 104 Å². The van der Waals surface area contributed by atoms with Crippen LogP contribution in [0.2, 0.25) is 0 Å². The lowest BCUT2D eigenvalue weighted by molar-refractivity contribution is -0.300. The number of imidazole rings is 1.